The minimum absolute atomic E-state index is 0.575. The molecular weight excluding hydrogens is 208 g/mol. The van der Waals surface area contributed by atoms with Gasteiger partial charge in [0.1, 0.15) is 0 Å². The Morgan fingerprint density at radius 2 is 1.59 bits per heavy atom. The fourth-order valence-electron chi connectivity index (χ4n) is 2.72. The molecule has 0 saturated heterocycles. The molecular formula is C15H34N2. The van der Waals surface area contributed by atoms with Crippen LogP contribution < -0.4 is 5.73 Å². The second-order valence-electron chi connectivity index (χ2n) is 5.23. The first-order valence-electron chi connectivity index (χ1n) is 7.61. The molecule has 0 saturated carbocycles. The van der Waals surface area contributed by atoms with E-state index in [1.165, 1.54) is 38.6 Å². The average molecular weight is 242 g/mol. The van der Waals surface area contributed by atoms with Gasteiger partial charge in [-0.2, -0.15) is 0 Å². The van der Waals surface area contributed by atoms with Crippen LogP contribution in [0.25, 0.3) is 0 Å². The molecule has 2 nitrogen and oxygen atoms in total. The van der Waals surface area contributed by atoms with Crippen molar-refractivity contribution in [2.75, 3.05) is 13.1 Å². The molecule has 0 bridgehead atoms. The van der Waals surface area contributed by atoms with E-state index in [1.54, 1.807) is 0 Å². The summed E-state index contributed by atoms with van der Waals surface area (Å²) >= 11 is 0. The molecule has 2 unspecified atom stereocenters. The maximum atomic E-state index is 6.05. The van der Waals surface area contributed by atoms with Crippen LogP contribution in [0.15, 0.2) is 0 Å². The highest BCUT2D eigenvalue weighted by molar-refractivity contribution is 4.82. The molecule has 0 amide bonds. The summed E-state index contributed by atoms with van der Waals surface area (Å²) in [6.07, 6.45) is 6.28. The van der Waals surface area contributed by atoms with E-state index < -0.39 is 0 Å². The Morgan fingerprint density at radius 3 is 1.94 bits per heavy atom. The highest BCUT2D eigenvalue weighted by Crippen LogP contribution is 2.21. The molecule has 104 valence electrons. The third kappa shape index (κ3) is 5.39. The molecule has 0 aliphatic heterocycles. The molecule has 0 aromatic rings. The molecule has 0 radical (unpaired) electrons. The van der Waals surface area contributed by atoms with Crippen LogP contribution in [0, 0.1) is 5.92 Å². The van der Waals surface area contributed by atoms with Crippen molar-refractivity contribution < 1.29 is 0 Å². The summed E-state index contributed by atoms with van der Waals surface area (Å²) in [7, 11) is 0. The van der Waals surface area contributed by atoms with Crippen LogP contribution in [0.4, 0.5) is 0 Å². The van der Waals surface area contributed by atoms with Crippen molar-refractivity contribution in [3.63, 3.8) is 0 Å². The fourth-order valence-corrected chi connectivity index (χ4v) is 2.72. The number of unbranched alkanes of at least 4 members (excludes halogenated alkanes) is 1. The molecule has 17 heavy (non-hydrogen) atoms. The molecule has 0 aliphatic rings. The predicted octanol–water partition coefficient (Wildman–Crippen LogP) is 3.65. The van der Waals surface area contributed by atoms with E-state index in [2.05, 4.69) is 39.5 Å². The molecule has 0 rings (SSSR count). The Bertz CT molecular complexity index is 166. The summed E-state index contributed by atoms with van der Waals surface area (Å²) in [5.41, 5.74) is 6.05. The maximum absolute atomic E-state index is 6.05. The topological polar surface area (TPSA) is 29.3 Å². The Hall–Kier alpha value is -0.0800. The van der Waals surface area contributed by atoms with Gasteiger partial charge in [-0.05, 0) is 32.2 Å². The number of nitrogens with two attached hydrogens (primary N) is 1. The molecule has 2 N–H and O–H groups in total. The van der Waals surface area contributed by atoms with Crippen molar-refractivity contribution in [3.05, 3.63) is 0 Å². The lowest BCUT2D eigenvalue weighted by Crippen LogP contribution is -2.49. The van der Waals surface area contributed by atoms with Gasteiger partial charge in [0.05, 0.1) is 0 Å². The average Bonchev–Trinajstić information content (AvgIpc) is 2.37. The molecule has 0 fully saturated rings. The Balaban J connectivity index is 4.69. The van der Waals surface area contributed by atoms with E-state index in [4.69, 9.17) is 5.73 Å². The molecule has 2 atom stereocenters. The molecule has 0 aromatic carbocycles. The Morgan fingerprint density at radius 1 is 1.00 bits per heavy atom. The van der Waals surface area contributed by atoms with Crippen LogP contribution in [0.2, 0.25) is 0 Å². The van der Waals surface area contributed by atoms with Crippen LogP contribution >= 0.6 is 0 Å². The number of nitrogens with zero attached hydrogens (tertiary/aromatic N) is 1. The summed E-state index contributed by atoms with van der Waals surface area (Å²) in [6, 6.07) is 1.24. The molecule has 2 heteroatoms. The third-order valence-electron chi connectivity index (χ3n) is 4.19. The van der Waals surface area contributed by atoms with Crippen molar-refractivity contribution in [2.24, 2.45) is 11.7 Å². The van der Waals surface area contributed by atoms with Gasteiger partial charge in [0.2, 0.25) is 0 Å². The zero-order valence-corrected chi connectivity index (χ0v) is 12.7. The first-order chi connectivity index (χ1) is 8.15. The van der Waals surface area contributed by atoms with Gasteiger partial charge >= 0.3 is 0 Å². The predicted molar refractivity (Wildman–Crippen MR) is 78.3 cm³/mol. The van der Waals surface area contributed by atoms with Gasteiger partial charge in [-0.15, -0.1) is 0 Å². The van der Waals surface area contributed by atoms with E-state index in [-0.39, 0.29) is 0 Å². The van der Waals surface area contributed by atoms with Gasteiger partial charge in [0.25, 0.3) is 0 Å². The maximum Gasteiger partial charge on any atom is 0.0249 e. The Kier molecular flexibility index (Phi) is 9.85. The van der Waals surface area contributed by atoms with Crippen molar-refractivity contribution in [3.8, 4) is 0 Å². The van der Waals surface area contributed by atoms with Crippen LogP contribution in [0.1, 0.15) is 66.7 Å². The Labute approximate surface area is 109 Å². The van der Waals surface area contributed by atoms with Crippen LogP contribution in [0.3, 0.4) is 0 Å². The van der Waals surface area contributed by atoms with Crippen LogP contribution in [-0.4, -0.2) is 30.1 Å². The highest BCUT2D eigenvalue weighted by Gasteiger charge is 2.26. The lowest BCUT2D eigenvalue weighted by Gasteiger charge is -2.39. The van der Waals surface area contributed by atoms with Gasteiger partial charge in [0, 0.05) is 18.6 Å². The SMILES string of the molecule is CCCCN(C(C)CC)C(CN)C(CC)CC. The van der Waals surface area contributed by atoms with E-state index >= 15 is 0 Å². The lowest BCUT2D eigenvalue weighted by atomic mass is 9.91. The third-order valence-corrected chi connectivity index (χ3v) is 4.19. The van der Waals surface area contributed by atoms with E-state index in [9.17, 15) is 0 Å². The number of hydrogen-bond donors (Lipinski definition) is 1. The minimum Gasteiger partial charge on any atom is -0.329 e. The normalized spacial score (nSPS) is 15.5. The van der Waals surface area contributed by atoms with Crippen molar-refractivity contribution >= 4 is 0 Å². The van der Waals surface area contributed by atoms with Crippen molar-refractivity contribution in [2.45, 2.75) is 78.8 Å². The summed E-state index contributed by atoms with van der Waals surface area (Å²) in [6.45, 7) is 13.5. The smallest absolute Gasteiger partial charge is 0.0249 e. The van der Waals surface area contributed by atoms with E-state index in [0.29, 0.717) is 12.1 Å². The highest BCUT2D eigenvalue weighted by atomic mass is 15.2. The monoisotopic (exact) mass is 242 g/mol. The van der Waals surface area contributed by atoms with Gasteiger partial charge in [-0.3, -0.25) is 4.90 Å². The van der Waals surface area contributed by atoms with Gasteiger partial charge in [0.15, 0.2) is 0 Å². The van der Waals surface area contributed by atoms with E-state index in [1.807, 2.05) is 0 Å². The quantitative estimate of drug-likeness (QED) is 0.633. The summed E-state index contributed by atoms with van der Waals surface area (Å²) in [5.74, 6) is 0.755. The standard InChI is InChI=1S/C15H34N2/c1-6-10-11-17(13(5)7-2)15(12-16)14(8-3)9-4/h13-15H,6-12,16H2,1-5H3. The summed E-state index contributed by atoms with van der Waals surface area (Å²) in [4.78, 5) is 2.67. The van der Waals surface area contributed by atoms with Crippen molar-refractivity contribution in [1.82, 2.24) is 4.90 Å². The van der Waals surface area contributed by atoms with Gasteiger partial charge < -0.3 is 5.73 Å². The van der Waals surface area contributed by atoms with Crippen molar-refractivity contribution in [1.29, 1.82) is 0 Å². The van der Waals surface area contributed by atoms with Crippen LogP contribution in [-0.2, 0) is 0 Å². The zero-order valence-electron chi connectivity index (χ0n) is 12.7. The first kappa shape index (κ1) is 16.9. The fraction of sp³-hybridized carbons (Fsp3) is 1.00. The molecule has 0 heterocycles. The second-order valence-corrected chi connectivity index (χ2v) is 5.23. The molecule has 0 aliphatic carbocycles. The van der Waals surface area contributed by atoms with Crippen LogP contribution in [0.5, 0.6) is 0 Å². The zero-order chi connectivity index (χ0) is 13.3. The van der Waals surface area contributed by atoms with Gasteiger partial charge in [-0.25, -0.2) is 0 Å². The summed E-state index contributed by atoms with van der Waals surface area (Å²) in [5, 5.41) is 0. The number of rotatable bonds is 10. The molecule has 0 aromatic heterocycles. The lowest BCUT2D eigenvalue weighted by molar-refractivity contribution is 0.0945. The largest absolute Gasteiger partial charge is 0.329 e. The van der Waals surface area contributed by atoms with E-state index in [0.717, 1.165) is 12.5 Å². The first-order valence-corrected chi connectivity index (χ1v) is 7.61. The molecule has 0 spiro atoms. The number of hydrogen-bond acceptors (Lipinski definition) is 2. The summed E-state index contributed by atoms with van der Waals surface area (Å²) < 4.78 is 0. The minimum atomic E-state index is 0.575. The van der Waals surface area contributed by atoms with Gasteiger partial charge in [-0.1, -0.05) is 47.0 Å². The second kappa shape index (κ2) is 9.90.